The number of rotatable bonds is 7. The fraction of sp³-hybridized carbons (Fsp3) is 0.800. The summed E-state index contributed by atoms with van der Waals surface area (Å²) in [4.78, 5) is 38.8. The van der Waals surface area contributed by atoms with E-state index in [2.05, 4.69) is 5.32 Å². The first-order chi connectivity index (χ1) is 10.4. The van der Waals surface area contributed by atoms with Gasteiger partial charge in [-0.05, 0) is 19.3 Å². The second-order valence-corrected chi connectivity index (χ2v) is 6.46. The molecule has 7 nitrogen and oxygen atoms in total. The van der Waals surface area contributed by atoms with E-state index in [4.69, 9.17) is 0 Å². The Kier molecular flexibility index (Phi) is 5.05. The summed E-state index contributed by atoms with van der Waals surface area (Å²) in [5.41, 5.74) is -0.179. The van der Waals surface area contributed by atoms with Crippen molar-refractivity contribution in [3.63, 3.8) is 0 Å². The molecule has 0 bridgehead atoms. The van der Waals surface area contributed by atoms with Crippen LogP contribution in [-0.4, -0.2) is 65.5 Å². The molecule has 2 fully saturated rings. The molecule has 1 aliphatic heterocycles. The van der Waals surface area contributed by atoms with Gasteiger partial charge in [-0.2, -0.15) is 0 Å². The maximum atomic E-state index is 12.3. The van der Waals surface area contributed by atoms with Crippen LogP contribution >= 0.6 is 0 Å². The number of nitrogens with one attached hydrogen (secondary N) is 1. The number of amides is 4. The third kappa shape index (κ3) is 3.24. The molecule has 0 radical (unpaired) electrons. The van der Waals surface area contributed by atoms with E-state index >= 15 is 0 Å². The van der Waals surface area contributed by atoms with E-state index in [1.54, 1.807) is 11.9 Å². The normalized spacial score (nSPS) is 23.2. The Labute approximate surface area is 130 Å². The maximum Gasteiger partial charge on any atom is 0.324 e. The molecule has 1 saturated carbocycles. The fourth-order valence-electron chi connectivity index (χ4n) is 3.12. The number of carbonyl (C=O) groups excluding carboxylic acids is 3. The molecule has 22 heavy (non-hydrogen) atoms. The predicted octanol–water partition coefficient (Wildman–Crippen LogP) is 0.328. The van der Waals surface area contributed by atoms with Gasteiger partial charge >= 0.3 is 6.03 Å². The van der Waals surface area contributed by atoms with Crippen LogP contribution in [0.15, 0.2) is 0 Å². The van der Waals surface area contributed by atoms with Crippen molar-refractivity contribution in [3.8, 4) is 0 Å². The third-order valence-corrected chi connectivity index (χ3v) is 4.68. The van der Waals surface area contributed by atoms with Crippen molar-refractivity contribution in [1.82, 2.24) is 15.1 Å². The van der Waals surface area contributed by atoms with Gasteiger partial charge in [-0.1, -0.05) is 13.3 Å². The number of aliphatic hydroxyl groups is 1. The van der Waals surface area contributed by atoms with Crippen LogP contribution in [0.25, 0.3) is 0 Å². The number of hydrogen-bond acceptors (Lipinski definition) is 4. The van der Waals surface area contributed by atoms with Crippen LogP contribution in [0, 0.1) is 5.41 Å². The largest absolute Gasteiger partial charge is 0.396 e. The molecule has 2 rings (SSSR count). The van der Waals surface area contributed by atoms with Gasteiger partial charge in [-0.15, -0.1) is 0 Å². The van der Waals surface area contributed by atoms with Gasteiger partial charge in [-0.3, -0.25) is 14.5 Å². The van der Waals surface area contributed by atoms with Crippen LogP contribution in [0.2, 0.25) is 0 Å². The molecule has 2 N–H and O–H groups in total. The van der Waals surface area contributed by atoms with Crippen molar-refractivity contribution in [2.75, 3.05) is 26.7 Å². The summed E-state index contributed by atoms with van der Waals surface area (Å²) in [5.74, 6) is -0.508. The number of carbonyl (C=O) groups is 3. The minimum atomic E-state index is -0.763. The van der Waals surface area contributed by atoms with Crippen LogP contribution in [-0.2, 0) is 9.59 Å². The van der Waals surface area contributed by atoms with E-state index in [0.29, 0.717) is 19.5 Å². The summed E-state index contributed by atoms with van der Waals surface area (Å²) < 4.78 is 0. The molecule has 2 aliphatic rings. The van der Waals surface area contributed by atoms with Gasteiger partial charge in [0.2, 0.25) is 5.91 Å². The summed E-state index contributed by atoms with van der Waals surface area (Å²) in [7, 11) is 1.68. The van der Waals surface area contributed by atoms with Crippen LogP contribution < -0.4 is 5.32 Å². The molecule has 7 heteroatoms. The van der Waals surface area contributed by atoms with Gasteiger partial charge in [-0.25, -0.2) is 4.79 Å². The van der Waals surface area contributed by atoms with Crippen LogP contribution in [0.4, 0.5) is 4.79 Å². The van der Waals surface area contributed by atoms with Crippen LogP contribution in [0.3, 0.4) is 0 Å². The van der Waals surface area contributed by atoms with E-state index in [0.717, 1.165) is 19.3 Å². The molecule has 124 valence electrons. The average Bonchev–Trinajstić information content (AvgIpc) is 2.70. The highest BCUT2D eigenvalue weighted by atomic mass is 16.3. The molecular weight excluding hydrogens is 286 g/mol. The lowest BCUT2D eigenvalue weighted by Crippen LogP contribution is -2.47. The lowest BCUT2D eigenvalue weighted by Gasteiger charge is -2.43. The molecule has 0 unspecified atom stereocenters. The Balaban J connectivity index is 1.89. The molecule has 4 amide bonds. The van der Waals surface area contributed by atoms with Gasteiger partial charge in [0.25, 0.3) is 5.91 Å². The molecule has 0 aromatic carbocycles. The zero-order chi connectivity index (χ0) is 16.3. The Morgan fingerprint density at radius 2 is 2.14 bits per heavy atom. The summed E-state index contributed by atoms with van der Waals surface area (Å²) in [6.45, 7) is 2.84. The smallest absolute Gasteiger partial charge is 0.324 e. The summed E-state index contributed by atoms with van der Waals surface area (Å²) in [6, 6.07) is -1.18. The molecule has 0 aromatic heterocycles. The van der Waals surface area contributed by atoms with Gasteiger partial charge in [0.15, 0.2) is 0 Å². The minimum absolute atomic E-state index is 0.0250. The average molecular weight is 311 g/mol. The SMILES string of the molecule is CCCN1C(=O)N[C@H](CC(=O)N(C)CC2(CO)CCC2)C1=O. The lowest BCUT2D eigenvalue weighted by atomic mass is 9.69. The molecular formula is C15H25N3O4. The summed E-state index contributed by atoms with van der Waals surface area (Å²) in [5, 5.41) is 12.0. The Morgan fingerprint density at radius 3 is 2.64 bits per heavy atom. The van der Waals surface area contributed by atoms with Crippen molar-refractivity contribution in [1.29, 1.82) is 0 Å². The van der Waals surface area contributed by atoms with Crippen molar-refractivity contribution in [2.24, 2.45) is 5.41 Å². The first kappa shape index (κ1) is 16.7. The molecule has 1 heterocycles. The first-order valence-electron chi connectivity index (χ1n) is 7.89. The Morgan fingerprint density at radius 1 is 1.45 bits per heavy atom. The summed E-state index contributed by atoms with van der Waals surface area (Å²) >= 11 is 0. The monoisotopic (exact) mass is 311 g/mol. The number of hydrogen-bond donors (Lipinski definition) is 2. The number of imide groups is 1. The second kappa shape index (κ2) is 6.64. The second-order valence-electron chi connectivity index (χ2n) is 6.46. The van der Waals surface area contributed by atoms with Crippen molar-refractivity contribution in [2.45, 2.75) is 45.1 Å². The maximum absolute atomic E-state index is 12.3. The van der Waals surface area contributed by atoms with E-state index in [1.807, 2.05) is 6.92 Å². The van der Waals surface area contributed by atoms with E-state index < -0.39 is 12.1 Å². The van der Waals surface area contributed by atoms with Crippen molar-refractivity contribution >= 4 is 17.8 Å². The number of aliphatic hydroxyl groups excluding tert-OH is 1. The third-order valence-electron chi connectivity index (χ3n) is 4.68. The molecule has 1 saturated heterocycles. The molecule has 1 atom stereocenters. The highest BCUT2D eigenvalue weighted by Gasteiger charge is 2.41. The molecule has 0 aromatic rings. The molecule has 0 spiro atoms. The predicted molar refractivity (Wildman–Crippen MR) is 79.9 cm³/mol. The van der Waals surface area contributed by atoms with Crippen LogP contribution in [0.1, 0.15) is 39.0 Å². The lowest BCUT2D eigenvalue weighted by molar-refractivity contribution is -0.137. The first-order valence-corrected chi connectivity index (χ1v) is 7.89. The summed E-state index contributed by atoms with van der Waals surface area (Å²) in [6.07, 6.45) is 3.59. The van der Waals surface area contributed by atoms with Gasteiger partial charge < -0.3 is 15.3 Å². The van der Waals surface area contributed by atoms with E-state index in [1.165, 1.54) is 4.90 Å². The highest BCUT2D eigenvalue weighted by molar-refractivity contribution is 6.05. The van der Waals surface area contributed by atoms with E-state index in [9.17, 15) is 19.5 Å². The highest BCUT2D eigenvalue weighted by Crippen LogP contribution is 2.40. The quantitative estimate of drug-likeness (QED) is 0.663. The standard InChI is InChI=1S/C15H25N3O4/c1-3-7-18-13(21)11(16-14(18)22)8-12(20)17(2)9-15(10-19)5-4-6-15/h11,19H,3-10H2,1-2H3,(H,16,22)/t11-/m1/s1. The zero-order valence-corrected chi connectivity index (χ0v) is 13.3. The van der Waals surface area contributed by atoms with Gasteiger partial charge in [0.1, 0.15) is 6.04 Å². The van der Waals surface area contributed by atoms with Crippen molar-refractivity contribution in [3.05, 3.63) is 0 Å². The van der Waals surface area contributed by atoms with Crippen molar-refractivity contribution < 1.29 is 19.5 Å². The molecule has 1 aliphatic carbocycles. The fourth-order valence-corrected chi connectivity index (χ4v) is 3.12. The topological polar surface area (TPSA) is 90.0 Å². The van der Waals surface area contributed by atoms with E-state index in [-0.39, 0.29) is 30.3 Å². The zero-order valence-electron chi connectivity index (χ0n) is 13.3. The van der Waals surface area contributed by atoms with Gasteiger partial charge in [0.05, 0.1) is 13.0 Å². The number of nitrogens with zero attached hydrogens (tertiary/aromatic N) is 2. The van der Waals surface area contributed by atoms with Gasteiger partial charge in [0, 0.05) is 25.6 Å². The minimum Gasteiger partial charge on any atom is -0.396 e. The Bertz CT molecular complexity index is 456. The van der Waals surface area contributed by atoms with Crippen LogP contribution in [0.5, 0.6) is 0 Å². The number of urea groups is 1. The Hall–Kier alpha value is -1.63.